The van der Waals surface area contributed by atoms with Crippen molar-refractivity contribution in [3.63, 3.8) is 0 Å². The lowest BCUT2D eigenvalue weighted by Gasteiger charge is -2.37. The molecule has 1 aromatic rings. The zero-order valence-corrected chi connectivity index (χ0v) is 11.7. The van der Waals surface area contributed by atoms with Crippen LogP contribution < -0.4 is 11.1 Å². The molecule has 0 aliphatic heterocycles. The third-order valence-electron chi connectivity index (χ3n) is 4.03. The molecule has 1 amide bonds. The summed E-state index contributed by atoms with van der Waals surface area (Å²) in [5.41, 5.74) is 5.86. The summed E-state index contributed by atoms with van der Waals surface area (Å²) in [5.74, 6) is 0.870. The van der Waals surface area contributed by atoms with Crippen molar-refractivity contribution in [3.8, 4) is 0 Å². The SMILES string of the molecule is Cc1nncn1CCNC(=O)C1CCCCC1(C)N. The highest BCUT2D eigenvalue weighted by Crippen LogP contribution is 2.31. The number of carbonyl (C=O) groups is 1. The average molecular weight is 265 g/mol. The minimum Gasteiger partial charge on any atom is -0.354 e. The smallest absolute Gasteiger partial charge is 0.225 e. The molecule has 0 radical (unpaired) electrons. The number of carbonyl (C=O) groups excluding carboxylic acids is 1. The Morgan fingerprint density at radius 2 is 2.42 bits per heavy atom. The second-order valence-electron chi connectivity index (χ2n) is 5.67. The van der Waals surface area contributed by atoms with Gasteiger partial charge in [-0.2, -0.15) is 0 Å². The summed E-state index contributed by atoms with van der Waals surface area (Å²) in [5, 5.41) is 10.7. The predicted molar refractivity (Wildman–Crippen MR) is 72.3 cm³/mol. The molecule has 0 spiro atoms. The van der Waals surface area contributed by atoms with E-state index in [2.05, 4.69) is 15.5 Å². The summed E-state index contributed by atoms with van der Waals surface area (Å²) >= 11 is 0. The molecule has 1 aliphatic rings. The number of aromatic nitrogens is 3. The maximum Gasteiger partial charge on any atom is 0.225 e. The molecular formula is C13H23N5O. The average Bonchev–Trinajstić information content (AvgIpc) is 2.74. The maximum atomic E-state index is 12.2. The second kappa shape index (κ2) is 5.69. The number of nitrogens with two attached hydrogens (primary N) is 1. The van der Waals surface area contributed by atoms with Crippen molar-refractivity contribution in [1.29, 1.82) is 0 Å². The van der Waals surface area contributed by atoms with Gasteiger partial charge in [0.15, 0.2) is 0 Å². The van der Waals surface area contributed by atoms with E-state index < -0.39 is 0 Å². The van der Waals surface area contributed by atoms with Crippen LogP contribution in [0, 0.1) is 12.8 Å². The summed E-state index contributed by atoms with van der Waals surface area (Å²) in [6, 6.07) is 0. The summed E-state index contributed by atoms with van der Waals surface area (Å²) in [6.45, 7) is 5.16. The molecule has 2 unspecified atom stereocenters. The number of nitrogens with zero attached hydrogens (tertiary/aromatic N) is 3. The van der Waals surface area contributed by atoms with E-state index in [0.717, 1.165) is 31.5 Å². The van der Waals surface area contributed by atoms with Crippen LogP contribution >= 0.6 is 0 Å². The minimum atomic E-state index is -0.366. The molecule has 1 aliphatic carbocycles. The molecule has 0 saturated heterocycles. The van der Waals surface area contributed by atoms with Gasteiger partial charge in [-0.05, 0) is 26.7 Å². The van der Waals surface area contributed by atoms with Gasteiger partial charge in [0.2, 0.25) is 5.91 Å². The minimum absolute atomic E-state index is 0.0664. The highest BCUT2D eigenvalue weighted by atomic mass is 16.1. The Labute approximate surface area is 113 Å². The Hall–Kier alpha value is -1.43. The second-order valence-corrected chi connectivity index (χ2v) is 5.67. The Bertz CT molecular complexity index is 440. The summed E-state index contributed by atoms with van der Waals surface area (Å²) in [4.78, 5) is 12.2. The van der Waals surface area contributed by atoms with Gasteiger partial charge in [0.1, 0.15) is 12.2 Å². The number of hydrogen-bond donors (Lipinski definition) is 2. The normalized spacial score (nSPS) is 27.2. The van der Waals surface area contributed by atoms with Crippen molar-refractivity contribution < 1.29 is 4.79 Å². The van der Waals surface area contributed by atoms with Crippen LogP contribution in [0.2, 0.25) is 0 Å². The van der Waals surface area contributed by atoms with Crippen LogP contribution in [0.3, 0.4) is 0 Å². The Morgan fingerprint density at radius 1 is 1.63 bits per heavy atom. The first-order valence-corrected chi connectivity index (χ1v) is 6.92. The highest BCUT2D eigenvalue weighted by Gasteiger charge is 2.37. The predicted octanol–water partition coefficient (Wildman–Crippen LogP) is 0.610. The molecule has 0 bridgehead atoms. The van der Waals surface area contributed by atoms with Crippen molar-refractivity contribution >= 4 is 5.91 Å². The molecule has 1 heterocycles. The quantitative estimate of drug-likeness (QED) is 0.835. The van der Waals surface area contributed by atoms with E-state index in [9.17, 15) is 4.79 Å². The molecule has 0 aromatic carbocycles. The third kappa shape index (κ3) is 3.32. The van der Waals surface area contributed by atoms with Crippen molar-refractivity contribution in [2.45, 2.75) is 51.6 Å². The van der Waals surface area contributed by atoms with Crippen molar-refractivity contribution in [3.05, 3.63) is 12.2 Å². The molecule has 19 heavy (non-hydrogen) atoms. The molecule has 3 N–H and O–H groups in total. The number of hydrogen-bond acceptors (Lipinski definition) is 4. The molecule has 2 atom stereocenters. The third-order valence-corrected chi connectivity index (χ3v) is 4.03. The lowest BCUT2D eigenvalue weighted by molar-refractivity contribution is -0.128. The maximum absolute atomic E-state index is 12.2. The van der Waals surface area contributed by atoms with Crippen molar-refractivity contribution in [2.24, 2.45) is 11.7 Å². The number of aryl methyl sites for hydroxylation is 1. The van der Waals surface area contributed by atoms with E-state index in [-0.39, 0.29) is 17.4 Å². The van der Waals surface area contributed by atoms with Gasteiger partial charge in [-0.3, -0.25) is 4.79 Å². The Balaban J connectivity index is 1.82. The number of rotatable bonds is 4. The van der Waals surface area contributed by atoms with Gasteiger partial charge in [-0.15, -0.1) is 10.2 Å². The van der Waals surface area contributed by atoms with Crippen LogP contribution in [0.15, 0.2) is 6.33 Å². The van der Waals surface area contributed by atoms with E-state index in [1.807, 2.05) is 18.4 Å². The standard InChI is InChI=1S/C13H23N5O/c1-10-17-16-9-18(10)8-7-15-12(19)11-5-3-4-6-13(11,2)14/h9,11H,3-8,14H2,1-2H3,(H,15,19). The van der Waals surface area contributed by atoms with E-state index in [1.165, 1.54) is 0 Å². The molecule has 1 fully saturated rings. The van der Waals surface area contributed by atoms with Gasteiger partial charge in [0, 0.05) is 18.6 Å². The first-order valence-electron chi connectivity index (χ1n) is 6.92. The molecule has 1 aromatic heterocycles. The van der Waals surface area contributed by atoms with Gasteiger partial charge < -0.3 is 15.6 Å². The van der Waals surface area contributed by atoms with Crippen LogP contribution in [0.4, 0.5) is 0 Å². The zero-order chi connectivity index (χ0) is 13.9. The van der Waals surface area contributed by atoms with E-state index in [1.54, 1.807) is 6.33 Å². The van der Waals surface area contributed by atoms with Gasteiger partial charge in [0.05, 0.1) is 5.92 Å². The molecule has 106 valence electrons. The Kier molecular flexibility index (Phi) is 4.19. The molecule has 2 rings (SSSR count). The first-order chi connectivity index (χ1) is 9.00. The van der Waals surface area contributed by atoms with E-state index in [0.29, 0.717) is 13.1 Å². The topological polar surface area (TPSA) is 85.8 Å². The lowest BCUT2D eigenvalue weighted by atomic mass is 9.74. The van der Waals surface area contributed by atoms with Crippen LogP contribution in [0.25, 0.3) is 0 Å². The summed E-state index contributed by atoms with van der Waals surface area (Å²) < 4.78 is 1.92. The summed E-state index contributed by atoms with van der Waals surface area (Å²) in [6.07, 6.45) is 5.71. The van der Waals surface area contributed by atoms with Crippen LogP contribution in [-0.2, 0) is 11.3 Å². The van der Waals surface area contributed by atoms with Gasteiger partial charge in [0.25, 0.3) is 0 Å². The monoisotopic (exact) mass is 265 g/mol. The van der Waals surface area contributed by atoms with E-state index in [4.69, 9.17) is 5.73 Å². The fourth-order valence-corrected chi connectivity index (χ4v) is 2.74. The zero-order valence-electron chi connectivity index (χ0n) is 11.7. The van der Waals surface area contributed by atoms with E-state index >= 15 is 0 Å². The van der Waals surface area contributed by atoms with Crippen molar-refractivity contribution in [2.75, 3.05) is 6.54 Å². The lowest BCUT2D eigenvalue weighted by Crippen LogP contribution is -2.53. The fourth-order valence-electron chi connectivity index (χ4n) is 2.74. The van der Waals surface area contributed by atoms with Gasteiger partial charge >= 0.3 is 0 Å². The number of nitrogens with one attached hydrogen (secondary N) is 1. The fraction of sp³-hybridized carbons (Fsp3) is 0.769. The Morgan fingerprint density at radius 3 is 3.05 bits per heavy atom. The van der Waals surface area contributed by atoms with Crippen LogP contribution in [0.5, 0.6) is 0 Å². The summed E-state index contributed by atoms with van der Waals surface area (Å²) in [7, 11) is 0. The molecule has 6 heteroatoms. The highest BCUT2D eigenvalue weighted by molar-refractivity contribution is 5.80. The molecular weight excluding hydrogens is 242 g/mol. The molecule has 6 nitrogen and oxygen atoms in total. The largest absolute Gasteiger partial charge is 0.354 e. The van der Waals surface area contributed by atoms with Gasteiger partial charge in [-0.1, -0.05) is 12.8 Å². The molecule has 1 saturated carbocycles. The van der Waals surface area contributed by atoms with Crippen LogP contribution in [-0.4, -0.2) is 32.8 Å². The van der Waals surface area contributed by atoms with Crippen molar-refractivity contribution in [1.82, 2.24) is 20.1 Å². The van der Waals surface area contributed by atoms with Gasteiger partial charge in [-0.25, -0.2) is 0 Å². The van der Waals surface area contributed by atoms with Crippen LogP contribution in [0.1, 0.15) is 38.4 Å². The number of amides is 1. The first kappa shape index (κ1) is 14.0.